The zero-order valence-electron chi connectivity index (χ0n) is 16.8. The predicted octanol–water partition coefficient (Wildman–Crippen LogP) is 3.04. The van der Waals surface area contributed by atoms with E-state index in [9.17, 15) is 4.79 Å². The van der Waals surface area contributed by atoms with Gasteiger partial charge in [-0.2, -0.15) is 5.10 Å². The Bertz CT molecular complexity index is 954. The minimum atomic E-state index is -0.216. The highest BCUT2D eigenvalue weighted by atomic mass is 16.5. The van der Waals surface area contributed by atoms with Crippen LogP contribution in [-0.2, 0) is 19.6 Å². The molecule has 1 aliphatic rings. The van der Waals surface area contributed by atoms with Crippen LogP contribution in [-0.4, -0.2) is 31.9 Å². The van der Waals surface area contributed by atoms with E-state index < -0.39 is 0 Å². The molecule has 1 aromatic carbocycles. The monoisotopic (exact) mass is 406 g/mol. The van der Waals surface area contributed by atoms with Gasteiger partial charge in [0.15, 0.2) is 0 Å². The molecule has 2 heterocycles. The standard InChI is InChI=1S/C22H26N6O2/c29-22(25-12-17-4-3-5-19(10-17)14-28-16-23-15-27-28)26-13-18-8-9-24-21(11-18)30-20-6-1-2-7-20/h3-5,8-11,15-16,20H,1-2,6-7,12-14H2,(H2,25,26,29). The van der Waals surface area contributed by atoms with Gasteiger partial charge in [-0.25, -0.2) is 19.4 Å². The third-order valence-electron chi connectivity index (χ3n) is 5.10. The first kappa shape index (κ1) is 19.9. The van der Waals surface area contributed by atoms with Crippen LogP contribution in [0.3, 0.4) is 0 Å². The van der Waals surface area contributed by atoms with Crippen molar-refractivity contribution in [2.75, 3.05) is 0 Å². The van der Waals surface area contributed by atoms with Gasteiger partial charge in [0.25, 0.3) is 0 Å². The third kappa shape index (κ3) is 5.79. The Morgan fingerprint density at radius 1 is 1.07 bits per heavy atom. The maximum absolute atomic E-state index is 12.2. The Kier molecular flexibility index (Phi) is 6.54. The molecule has 1 saturated carbocycles. The van der Waals surface area contributed by atoms with Gasteiger partial charge in [0.1, 0.15) is 18.8 Å². The van der Waals surface area contributed by atoms with E-state index >= 15 is 0 Å². The largest absolute Gasteiger partial charge is 0.474 e. The lowest BCUT2D eigenvalue weighted by molar-refractivity contribution is 0.201. The Labute approximate surface area is 175 Å². The minimum Gasteiger partial charge on any atom is -0.474 e. The van der Waals surface area contributed by atoms with Crippen molar-refractivity contribution in [3.05, 3.63) is 71.9 Å². The van der Waals surface area contributed by atoms with Crippen LogP contribution in [0, 0.1) is 0 Å². The fraction of sp³-hybridized carbons (Fsp3) is 0.364. The number of hydrogen-bond acceptors (Lipinski definition) is 5. The lowest BCUT2D eigenvalue weighted by Crippen LogP contribution is -2.34. The van der Waals surface area contributed by atoms with E-state index in [2.05, 4.69) is 31.8 Å². The number of ether oxygens (including phenoxy) is 1. The zero-order valence-corrected chi connectivity index (χ0v) is 16.8. The van der Waals surface area contributed by atoms with Crippen molar-refractivity contribution in [1.29, 1.82) is 0 Å². The fourth-order valence-corrected chi connectivity index (χ4v) is 3.57. The average Bonchev–Trinajstić information content (AvgIpc) is 3.46. The second kappa shape index (κ2) is 9.87. The van der Waals surface area contributed by atoms with Crippen molar-refractivity contribution in [1.82, 2.24) is 30.4 Å². The summed E-state index contributed by atoms with van der Waals surface area (Å²) in [5.41, 5.74) is 3.09. The topological polar surface area (TPSA) is 94.0 Å². The van der Waals surface area contributed by atoms with Crippen LogP contribution < -0.4 is 15.4 Å². The van der Waals surface area contributed by atoms with Gasteiger partial charge in [-0.05, 0) is 48.4 Å². The molecular formula is C22H26N6O2. The quantitative estimate of drug-likeness (QED) is 0.600. The van der Waals surface area contributed by atoms with Crippen molar-refractivity contribution in [3.8, 4) is 5.88 Å². The van der Waals surface area contributed by atoms with Crippen LogP contribution in [0.25, 0.3) is 0 Å². The number of rotatable bonds is 8. The van der Waals surface area contributed by atoms with Crippen LogP contribution in [0.4, 0.5) is 4.79 Å². The van der Waals surface area contributed by atoms with E-state index in [1.165, 1.54) is 19.2 Å². The Morgan fingerprint density at radius 2 is 1.83 bits per heavy atom. The van der Waals surface area contributed by atoms with Gasteiger partial charge < -0.3 is 15.4 Å². The number of carbonyl (C=O) groups is 1. The summed E-state index contributed by atoms with van der Waals surface area (Å²) in [5.74, 6) is 0.630. The number of aromatic nitrogens is 4. The summed E-state index contributed by atoms with van der Waals surface area (Å²) in [7, 11) is 0. The van der Waals surface area contributed by atoms with E-state index in [1.807, 2.05) is 30.3 Å². The summed E-state index contributed by atoms with van der Waals surface area (Å²) in [6, 6.07) is 11.6. The first-order valence-corrected chi connectivity index (χ1v) is 10.3. The van der Waals surface area contributed by atoms with Crippen molar-refractivity contribution >= 4 is 6.03 Å². The van der Waals surface area contributed by atoms with Gasteiger partial charge in [-0.3, -0.25) is 0 Å². The Hall–Kier alpha value is -3.42. The van der Waals surface area contributed by atoms with Crippen molar-refractivity contribution in [2.24, 2.45) is 0 Å². The van der Waals surface area contributed by atoms with Gasteiger partial charge in [-0.15, -0.1) is 0 Å². The molecule has 0 spiro atoms. The summed E-state index contributed by atoms with van der Waals surface area (Å²) in [5, 5.41) is 9.90. The van der Waals surface area contributed by atoms with Crippen molar-refractivity contribution in [3.63, 3.8) is 0 Å². The summed E-state index contributed by atoms with van der Waals surface area (Å²) >= 11 is 0. The summed E-state index contributed by atoms with van der Waals surface area (Å²) in [6.07, 6.45) is 9.80. The third-order valence-corrected chi connectivity index (χ3v) is 5.10. The fourth-order valence-electron chi connectivity index (χ4n) is 3.57. The van der Waals surface area contributed by atoms with Crippen LogP contribution >= 0.6 is 0 Å². The summed E-state index contributed by atoms with van der Waals surface area (Å²) in [6.45, 7) is 1.51. The highest BCUT2D eigenvalue weighted by Crippen LogP contribution is 2.23. The molecule has 8 heteroatoms. The molecule has 0 unspecified atom stereocenters. The van der Waals surface area contributed by atoms with Crippen LogP contribution in [0.15, 0.2) is 55.2 Å². The molecular weight excluding hydrogens is 380 g/mol. The zero-order chi connectivity index (χ0) is 20.6. The molecule has 2 N–H and O–H groups in total. The molecule has 30 heavy (non-hydrogen) atoms. The lowest BCUT2D eigenvalue weighted by Gasteiger charge is -2.13. The molecule has 0 radical (unpaired) electrons. The van der Waals surface area contributed by atoms with E-state index in [0.717, 1.165) is 29.5 Å². The molecule has 0 bridgehead atoms. The molecule has 156 valence electrons. The smallest absolute Gasteiger partial charge is 0.315 e. The Balaban J connectivity index is 1.23. The minimum absolute atomic E-state index is 0.216. The summed E-state index contributed by atoms with van der Waals surface area (Å²) < 4.78 is 7.69. The lowest BCUT2D eigenvalue weighted by atomic mass is 10.1. The molecule has 4 rings (SSSR count). The maximum atomic E-state index is 12.2. The number of nitrogens with one attached hydrogen (secondary N) is 2. The number of nitrogens with zero attached hydrogens (tertiary/aromatic N) is 4. The number of carbonyl (C=O) groups excluding carboxylic acids is 1. The molecule has 0 saturated heterocycles. The molecule has 0 aliphatic heterocycles. The van der Waals surface area contributed by atoms with Gasteiger partial charge >= 0.3 is 6.03 Å². The Morgan fingerprint density at radius 3 is 2.60 bits per heavy atom. The van der Waals surface area contributed by atoms with Gasteiger partial charge in [0.2, 0.25) is 5.88 Å². The highest BCUT2D eigenvalue weighted by Gasteiger charge is 2.17. The number of hydrogen-bond donors (Lipinski definition) is 2. The number of urea groups is 1. The first-order chi connectivity index (χ1) is 14.7. The predicted molar refractivity (Wildman–Crippen MR) is 112 cm³/mol. The molecule has 0 atom stereocenters. The highest BCUT2D eigenvalue weighted by molar-refractivity contribution is 5.73. The van der Waals surface area contributed by atoms with Gasteiger partial charge in [0, 0.05) is 25.4 Å². The SMILES string of the molecule is O=C(NCc1cccc(Cn2cncn2)c1)NCc1ccnc(OC2CCCC2)c1. The van der Waals surface area contributed by atoms with Crippen molar-refractivity contribution < 1.29 is 9.53 Å². The van der Waals surface area contributed by atoms with E-state index in [-0.39, 0.29) is 12.1 Å². The van der Waals surface area contributed by atoms with Crippen molar-refractivity contribution in [2.45, 2.75) is 51.4 Å². The van der Waals surface area contributed by atoms with Crippen LogP contribution in [0.2, 0.25) is 0 Å². The number of amides is 2. The number of benzene rings is 1. The van der Waals surface area contributed by atoms with Gasteiger partial charge in [-0.1, -0.05) is 24.3 Å². The molecule has 2 amide bonds. The normalized spacial score (nSPS) is 13.9. The second-order valence-electron chi connectivity index (χ2n) is 7.48. The van der Waals surface area contributed by atoms with Crippen LogP contribution in [0.5, 0.6) is 5.88 Å². The number of pyridine rings is 1. The maximum Gasteiger partial charge on any atom is 0.315 e. The van der Waals surface area contributed by atoms with E-state index in [1.54, 1.807) is 17.2 Å². The summed E-state index contributed by atoms with van der Waals surface area (Å²) in [4.78, 5) is 20.4. The first-order valence-electron chi connectivity index (χ1n) is 10.3. The van der Waals surface area contributed by atoms with E-state index in [4.69, 9.17) is 4.74 Å². The van der Waals surface area contributed by atoms with Crippen LogP contribution in [0.1, 0.15) is 42.4 Å². The molecule has 3 aromatic rings. The molecule has 2 aromatic heterocycles. The van der Waals surface area contributed by atoms with E-state index in [0.29, 0.717) is 25.5 Å². The van der Waals surface area contributed by atoms with Gasteiger partial charge in [0.05, 0.1) is 6.54 Å². The second-order valence-corrected chi connectivity index (χ2v) is 7.48. The molecule has 8 nitrogen and oxygen atoms in total. The molecule has 1 fully saturated rings. The average molecular weight is 406 g/mol. The molecule has 1 aliphatic carbocycles.